The third-order valence-corrected chi connectivity index (χ3v) is 6.69. The Balaban J connectivity index is 1.89. The average Bonchev–Trinajstić information content (AvgIpc) is 3.19. The van der Waals surface area contributed by atoms with E-state index in [1.54, 1.807) is 12.3 Å². The number of amides is 1. The van der Waals surface area contributed by atoms with Crippen molar-refractivity contribution >= 4 is 38.7 Å². The molecule has 1 aromatic carbocycles. The van der Waals surface area contributed by atoms with Gasteiger partial charge in [0.2, 0.25) is 0 Å². The number of nitrogens with one attached hydrogen (secondary N) is 1. The van der Waals surface area contributed by atoms with Crippen molar-refractivity contribution in [1.82, 2.24) is 14.9 Å². The van der Waals surface area contributed by atoms with Gasteiger partial charge in [-0.15, -0.1) is 0 Å². The molecule has 1 heterocycles. The number of allylic oxidation sites excluding steroid dienone is 1. The second-order valence-corrected chi connectivity index (χ2v) is 10.5. The third-order valence-electron chi connectivity index (χ3n) is 5.11. The van der Waals surface area contributed by atoms with Crippen molar-refractivity contribution in [2.45, 2.75) is 37.1 Å². The van der Waals surface area contributed by atoms with Gasteiger partial charge in [0.15, 0.2) is 15.7 Å². The summed E-state index contributed by atoms with van der Waals surface area (Å²) >= 11 is 6.23. The Labute approximate surface area is 188 Å². The summed E-state index contributed by atoms with van der Waals surface area (Å²) in [6.07, 6.45) is 10.5. The van der Waals surface area contributed by atoms with Gasteiger partial charge in [-0.3, -0.25) is 9.78 Å². The van der Waals surface area contributed by atoms with Crippen molar-refractivity contribution in [1.29, 1.82) is 0 Å². The SMILES string of the molecule is CN(C)Cc1cnc(NC(=O)/C(=C/C2CCCC2)c2ccc(S(C)(=O)=O)c(Cl)c2)cn1. The first-order valence-electron chi connectivity index (χ1n) is 10.1. The van der Waals surface area contributed by atoms with Crippen LogP contribution in [0.4, 0.5) is 5.82 Å². The molecule has 1 fully saturated rings. The van der Waals surface area contributed by atoms with Crippen LogP contribution in [0.3, 0.4) is 0 Å². The van der Waals surface area contributed by atoms with Crippen LogP contribution in [-0.2, 0) is 21.2 Å². The average molecular weight is 463 g/mol. The van der Waals surface area contributed by atoms with E-state index >= 15 is 0 Å². The molecule has 1 aromatic heterocycles. The third kappa shape index (κ3) is 6.35. The summed E-state index contributed by atoms with van der Waals surface area (Å²) in [7, 11) is 0.431. The zero-order chi connectivity index (χ0) is 22.6. The first-order valence-corrected chi connectivity index (χ1v) is 12.4. The number of aromatic nitrogens is 2. The molecule has 1 amide bonds. The van der Waals surface area contributed by atoms with Crippen molar-refractivity contribution in [3.05, 3.63) is 52.9 Å². The number of hydrogen-bond donors (Lipinski definition) is 1. The van der Waals surface area contributed by atoms with E-state index in [0.29, 0.717) is 29.4 Å². The van der Waals surface area contributed by atoms with Crippen LogP contribution in [-0.4, -0.2) is 49.5 Å². The standard InChI is InChI=1S/C22H27ClN4O3S/c1-27(2)14-17-12-25-21(13-24-17)26-22(28)18(10-15-6-4-5-7-15)16-8-9-20(19(23)11-16)31(3,29)30/h8-13,15H,4-7,14H2,1-3H3,(H,25,26,28)/b18-10+. The summed E-state index contributed by atoms with van der Waals surface area (Å²) in [5.41, 5.74) is 1.82. The minimum atomic E-state index is -3.45. The van der Waals surface area contributed by atoms with Gasteiger partial charge in [0.05, 0.1) is 28.0 Å². The van der Waals surface area contributed by atoms with Gasteiger partial charge in [0.25, 0.3) is 5.91 Å². The second kappa shape index (κ2) is 9.89. The number of nitrogens with zero attached hydrogens (tertiary/aromatic N) is 3. The van der Waals surface area contributed by atoms with Crippen LogP contribution in [0.1, 0.15) is 36.9 Å². The molecule has 0 atom stereocenters. The lowest BCUT2D eigenvalue weighted by atomic mass is 9.98. The zero-order valence-electron chi connectivity index (χ0n) is 17.9. The number of halogens is 1. The Kier molecular flexibility index (Phi) is 7.46. The lowest BCUT2D eigenvalue weighted by Gasteiger charge is -2.13. The van der Waals surface area contributed by atoms with Crippen molar-refractivity contribution in [2.75, 3.05) is 25.7 Å². The van der Waals surface area contributed by atoms with Crippen LogP contribution in [0.5, 0.6) is 0 Å². The summed E-state index contributed by atoms with van der Waals surface area (Å²) in [5.74, 6) is 0.316. The van der Waals surface area contributed by atoms with Gasteiger partial charge < -0.3 is 10.2 Å². The quantitative estimate of drug-likeness (QED) is 0.629. The number of benzene rings is 1. The Morgan fingerprint density at radius 2 is 1.94 bits per heavy atom. The van der Waals surface area contributed by atoms with Crippen molar-refractivity contribution in [3.8, 4) is 0 Å². The summed E-state index contributed by atoms with van der Waals surface area (Å²) in [5, 5.41) is 2.90. The minimum absolute atomic E-state index is 0.0425. The highest BCUT2D eigenvalue weighted by Crippen LogP contribution is 2.32. The summed E-state index contributed by atoms with van der Waals surface area (Å²) in [6, 6.07) is 4.59. The second-order valence-electron chi connectivity index (χ2n) is 8.13. The van der Waals surface area contributed by atoms with Gasteiger partial charge >= 0.3 is 0 Å². The molecule has 0 aliphatic heterocycles. The summed E-state index contributed by atoms with van der Waals surface area (Å²) in [4.78, 5) is 23.8. The predicted molar refractivity (Wildman–Crippen MR) is 123 cm³/mol. The molecule has 7 nitrogen and oxygen atoms in total. The van der Waals surface area contributed by atoms with Crippen LogP contribution in [0.15, 0.2) is 41.6 Å². The molecule has 0 unspecified atom stereocenters. The maximum atomic E-state index is 13.1. The molecule has 0 saturated heterocycles. The lowest BCUT2D eigenvalue weighted by Crippen LogP contribution is -2.17. The minimum Gasteiger partial charge on any atom is -0.305 e. The van der Waals surface area contributed by atoms with E-state index < -0.39 is 9.84 Å². The first-order chi connectivity index (χ1) is 14.6. The van der Waals surface area contributed by atoms with Gasteiger partial charge in [0.1, 0.15) is 0 Å². The number of carbonyl (C=O) groups is 1. The molecule has 1 aliphatic rings. The van der Waals surface area contributed by atoms with E-state index in [2.05, 4.69) is 15.3 Å². The number of hydrogen-bond acceptors (Lipinski definition) is 6. The molecule has 9 heteroatoms. The Bertz CT molecular complexity index is 1080. The van der Waals surface area contributed by atoms with E-state index in [9.17, 15) is 13.2 Å². The number of carbonyl (C=O) groups excluding carboxylic acids is 1. The predicted octanol–water partition coefficient (Wildman–Crippen LogP) is 3.81. The number of rotatable bonds is 7. The van der Waals surface area contributed by atoms with Crippen molar-refractivity contribution in [3.63, 3.8) is 0 Å². The molecule has 0 radical (unpaired) electrons. The van der Waals surface area contributed by atoms with Gasteiger partial charge in [-0.25, -0.2) is 13.4 Å². The highest BCUT2D eigenvalue weighted by atomic mass is 35.5. The van der Waals surface area contributed by atoms with Gasteiger partial charge in [-0.2, -0.15) is 0 Å². The molecule has 0 spiro atoms. The normalized spacial score (nSPS) is 15.5. The highest BCUT2D eigenvalue weighted by molar-refractivity contribution is 7.90. The Hall–Kier alpha value is -2.29. The smallest absolute Gasteiger partial charge is 0.257 e. The molecule has 2 aromatic rings. The molecule has 0 bridgehead atoms. The molecule has 3 rings (SSSR count). The van der Waals surface area contributed by atoms with Crippen molar-refractivity contribution in [2.24, 2.45) is 5.92 Å². The monoisotopic (exact) mass is 462 g/mol. The first kappa shape index (κ1) is 23.4. The molecular formula is C22H27ClN4O3S. The fraction of sp³-hybridized carbons (Fsp3) is 0.409. The maximum absolute atomic E-state index is 13.1. The fourth-order valence-electron chi connectivity index (χ4n) is 3.64. The largest absolute Gasteiger partial charge is 0.305 e. The van der Waals surface area contributed by atoms with Crippen LogP contribution < -0.4 is 5.32 Å². The maximum Gasteiger partial charge on any atom is 0.257 e. The molecular weight excluding hydrogens is 436 g/mol. The Morgan fingerprint density at radius 3 is 2.48 bits per heavy atom. The van der Waals surface area contributed by atoms with Crippen LogP contribution in [0.2, 0.25) is 5.02 Å². The number of sulfone groups is 1. The van der Waals surface area contributed by atoms with E-state index in [4.69, 9.17) is 11.6 Å². The molecule has 1 saturated carbocycles. The Morgan fingerprint density at radius 1 is 1.23 bits per heavy atom. The molecule has 1 N–H and O–H groups in total. The van der Waals surface area contributed by atoms with Gasteiger partial charge in [-0.05, 0) is 50.6 Å². The zero-order valence-corrected chi connectivity index (χ0v) is 19.5. The van der Waals surface area contributed by atoms with E-state index in [-0.39, 0.29) is 15.8 Å². The van der Waals surface area contributed by atoms with E-state index in [0.717, 1.165) is 37.6 Å². The molecule has 31 heavy (non-hydrogen) atoms. The van der Waals surface area contributed by atoms with Crippen LogP contribution in [0.25, 0.3) is 5.57 Å². The highest BCUT2D eigenvalue weighted by Gasteiger charge is 2.21. The van der Waals surface area contributed by atoms with Crippen LogP contribution >= 0.6 is 11.6 Å². The van der Waals surface area contributed by atoms with Crippen molar-refractivity contribution < 1.29 is 13.2 Å². The van der Waals surface area contributed by atoms with Crippen LogP contribution in [0, 0.1) is 5.92 Å². The van der Waals surface area contributed by atoms with E-state index in [1.807, 2.05) is 25.1 Å². The molecule has 166 valence electrons. The summed E-state index contributed by atoms with van der Waals surface area (Å²) < 4.78 is 23.8. The summed E-state index contributed by atoms with van der Waals surface area (Å²) in [6.45, 7) is 0.652. The van der Waals surface area contributed by atoms with E-state index in [1.165, 1.54) is 18.3 Å². The molecule has 1 aliphatic carbocycles. The fourth-order valence-corrected chi connectivity index (χ4v) is 4.97. The van der Waals surface area contributed by atoms with Gasteiger partial charge in [-0.1, -0.05) is 36.6 Å². The van der Waals surface area contributed by atoms with Gasteiger partial charge in [0, 0.05) is 18.4 Å². The topological polar surface area (TPSA) is 92.3 Å². The lowest BCUT2D eigenvalue weighted by molar-refractivity contribution is -0.111. The number of anilines is 1.